The molecule has 0 N–H and O–H groups in total. The minimum absolute atomic E-state index is 0.141. The van der Waals surface area contributed by atoms with Gasteiger partial charge in [0.15, 0.2) is 0 Å². The molecule has 4 aliphatic rings. The molecule has 4 bridgehead atoms. The summed E-state index contributed by atoms with van der Waals surface area (Å²) in [6.45, 7) is 0. The fourth-order valence-electron chi connectivity index (χ4n) is 4.80. The van der Waals surface area contributed by atoms with Crippen molar-refractivity contribution in [2.45, 2.75) is 44.9 Å². The van der Waals surface area contributed by atoms with Crippen molar-refractivity contribution in [1.29, 1.82) is 0 Å². The van der Waals surface area contributed by atoms with Crippen molar-refractivity contribution >= 4 is 21.7 Å². The average molecular weight is 271 g/mol. The first-order valence-electron chi connectivity index (χ1n) is 6.31. The maximum absolute atomic E-state index is 12.3. The normalized spacial score (nSPS) is 47.1. The van der Waals surface area contributed by atoms with Crippen LogP contribution < -0.4 is 0 Å². The summed E-state index contributed by atoms with van der Waals surface area (Å²) < 4.78 is 0. The van der Waals surface area contributed by atoms with Gasteiger partial charge >= 0.3 is 0 Å². The van der Waals surface area contributed by atoms with Crippen LogP contribution in [0.4, 0.5) is 0 Å². The van der Waals surface area contributed by atoms with E-state index in [0.717, 1.165) is 29.5 Å². The molecule has 1 nitrogen and oxygen atoms in total. The first-order valence-corrected chi connectivity index (χ1v) is 7.43. The Hall–Kier alpha value is 0.150. The highest BCUT2D eigenvalue weighted by molar-refractivity contribution is 9.09. The Morgan fingerprint density at radius 3 is 1.93 bits per heavy atom. The molecule has 0 saturated heterocycles. The Kier molecular flexibility index (Phi) is 2.46. The number of carbonyl (C=O) groups is 1. The number of Topliss-reactive ketones (excluding diaryl/α,β-unsaturated/α-hetero) is 1. The highest BCUT2D eigenvalue weighted by Gasteiger charge is 2.53. The van der Waals surface area contributed by atoms with E-state index < -0.39 is 0 Å². The van der Waals surface area contributed by atoms with Gasteiger partial charge in [0.2, 0.25) is 0 Å². The molecular weight excluding hydrogens is 252 g/mol. The van der Waals surface area contributed by atoms with Gasteiger partial charge in [-0.15, -0.1) is 0 Å². The molecule has 0 amide bonds. The standard InChI is InChI=1S/C13H19BrO/c14-2-1-12(15)13-6-9-3-10(7-13)5-11(4-9)8-13/h9-11H,1-8H2. The number of hydrogen-bond acceptors (Lipinski definition) is 1. The van der Waals surface area contributed by atoms with Gasteiger partial charge in [-0.1, -0.05) is 15.9 Å². The minimum atomic E-state index is 0.141. The summed E-state index contributed by atoms with van der Waals surface area (Å²) >= 11 is 3.41. The molecule has 4 fully saturated rings. The summed E-state index contributed by atoms with van der Waals surface area (Å²) in [5.41, 5.74) is 0.141. The molecule has 4 aliphatic carbocycles. The zero-order valence-electron chi connectivity index (χ0n) is 9.18. The van der Waals surface area contributed by atoms with E-state index in [2.05, 4.69) is 15.9 Å². The SMILES string of the molecule is O=C(CCBr)C12CC3CC(CC(C3)C1)C2. The number of rotatable bonds is 3. The molecule has 0 aromatic carbocycles. The van der Waals surface area contributed by atoms with Crippen molar-refractivity contribution in [2.24, 2.45) is 23.2 Å². The number of alkyl halides is 1. The number of hydrogen-bond donors (Lipinski definition) is 0. The second kappa shape index (κ2) is 3.58. The van der Waals surface area contributed by atoms with E-state index in [1.807, 2.05) is 0 Å². The molecule has 0 aromatic heterocycles. The minimum Gasteiger partial charge on any atom is -0.299 e. The molecule has 0 heterocycles. The summed E-state index contributed by atoms with van der Waals surface area (Å²) in [5, 5.41) is 0.855. The van der Waals surface area contributed by atoms with Gasteiger partial charge in [0, 0.05) is 17.2 Å². The van der Waals surface area contributed by atoms with Crippen LogP contribution in [-0.2, 0) is 4.79 Å². The first-order chi connectivity index (χ1) is 7.22. The quantitative estimate of drug-likeness (QED) is 0.717. The molecule has 0 atom stereocenters. The summed E-state index contributed by atoms with van der Waals surface area (Å²) in [7, 11) is 0. The van der Waals surface area contributed by atoms with E-state index in [-0.39, 0.29) is 5.41 Å². The molecule has 15 heavy (non-hydrogen) atoms. The van der Waals surface area contributed by atoms with Crippen molar-refractivity contribution in [3.63, 3.8) is 0 Å². The highest BCUT2D eigenvalue weighted by Crippen LogP contribution is 2.60. The van der Waals surface area contributed by atoms with Crippen molar-refractivity contribution in [2.75, 3.05) is 5.33 Å². The third-order valence-corrected chi connectivity index (χ3v) is 5.35. The molecule has 4 rings (SSSR count). The van der Waals surface area contributed by atoms with Gasteiger partial charge in [0.1, 0.15) is 5.78 Å². The zero-order chi connectivity index (χ0) is 10.5. The molecule has 0 spiro atoms. The van der Waals surface area contributed by atoms with Gasteiger partial charge in [-0.2, -0.15) is 0 Å². The lowest BCUT2D eigenvalue weighted by Gasteiger charge is -2.56. The first kappa shape index (κ1) is 10.3. The van der Waals surface area contributed by atoms with Crippen molar-refractivity contribution < 1.29 is 4.79 Å². The predicted octanol–water partition coefficient (Wildman–Crippen LogP) is 3.56. The van der Waals surface area contributed by atoms with Crippen molar-refractivity contribution in [1.82, 2.24) is 0 Å². The van der Waals surface area contributed by atoms with Crippen LogP contribution >= 0.6 is 15.9 Å². The maximum Gasteiger partial charge on any atom is 0.139 e. The number of carbonyl (C=O) groups excluding carboxylic acids is 1. The van der Waals surface area contributed by atoms with Crippen LogP contribution in [0.2, 0.25) is 0 Å². The largest absolute Gasteiger partial charge is 0.299 e. The molecule has 0 unspecified atom stereocenters. The van der Waals surface area contributed by atoms with E-state index in [9.17, 15) is 4.79 Å². The Balaban J connectivity index is 1.83. The van der Waals surface area contributed by atoms with Gasteiger partial charge in [-0.3, -0.25) is 4.79 Å². The second-order valence-corrected chi connectivity index (χ2v) is 6.85. The van der Waals surface area contributed by atoms with Crippen LogP contribution in [0.1, 0.15) is 44.9 Å². The molecule has 84 valence electrons. The molecule has 0 aliphatic heterocycles. The van der Waals surface area contributed by atoms with Crippen LogP contribution in [0, 0.1) is 23.2 Å². The number of halogens is 1. The van der Waals surface area contributed by atoms with Crippen LogP contribution in [0.25, 0.3) is 0 Å². The third-order valence-electron chi connectivity index (χ3n) is 4.95. The van der Waals surface area contributed by atoms with E-state index in [4.69, 9.17) is 0 Å². The van der Waals surface area contributed by atoms with E-state index in [1.165, 1.54) is 38.5 Å². The van der Waals surface area contributed by atoms with Gasteiger partial charge in [0.25, 0.3) is 0 Å². The second-order valence-electron chi connectivity index (χ2n) is 6.06. The lowest BCUT2D eigenvalue weighted by molar-refractivity contribution is -0.143. The zero-order valence-corrected chi connectivity index (χ0v) is 10.8. The summed E-state index contributed by atoms with van der Waals surface area (Å²) in [6.07, 6.45) is 8.73. The van der Waals surface area contributed by atoms with E-state index >= 15 is 0 Å². The lowest BCUT2D eigenvalue weighted by Crippen LogP contribution is -2.50. The summed E-state index contributed by atoms with van der Waals surface area (Å²) in [5.74, 6) is 3.26. The smallest absolute Gasteiger partial charge is 0.139 e. The average Bonchev–Trinajstić information content (AvgIpc) is 2.15. The maximum atomic E-state index is 12.3. The molecule has 2 heteroatoms. The Labute approximate surface area is 100 Å². The van der Waals surface area contributed by atoms with Crippen LogP contribution in [-0.4, -0.2) is 11.1 Å². The topological polar surface area (TPSA) is 17.1 Å². The number of ketones is 1. The summed E-state index contributed by atoms with van der Waals surface area (Å²) in [6, 6.07) is 0. The van der Waals surface area contributed by atoms with Gasteiger partial charge in [-0.25, -0.2) is 0 Å². The Bertz CT molecular complexity index is 249. The van der Waals surface area contributed by atoms with Gasteiger partial charge in [0.05, 0.1) is 0 Å². The lowest BCUT2D eigenvalue weighted by atomic mass is 9.48. The van der Waals surface area contributed by atoms with Crippen molar-refractivity contribution in [3.8, 4) is 0 Å². The van der Waals surface area contributed by atoms with Gasteiger partial charge < -0.3 is 0 Å². The van der Waals surface area contributed by atoms with E-state index in [1.54, 1.807) is 0 Å². The van der Waals surface area contributed by atoms with Crippen LogP contribution in [0.15, 0.2) is 0 Å². The van der Waals surface area contributed by atoms with Crippen molar-refractivity contribution in [3.05, 3.63) is 0 Å². The predicted molar refractivity (Wildman–Crippen MR) is 64.0 cm³/mol. The third kappa shape index (κ3) is 1.60. The Morgan fingerprint density at radius 2 is 1.53 bits per heavy atom. The summed E-state index contributed by atoms with van der Waals surface area (Å²) in [4.78, 5) is 12.3. The molecule has 4 saturated carbocycles. The van der Waals surface area contributed by atoms with Gasteiger partial charge in [-0.05, 0) is 56.3 Å². The molecule has 0 aromatic rings. The highest BCUT2D eigenvalue weighted by atomic mass is 79.9. The van der Waals surface area contributed by atoms with E-state index in [0.29, 0.717) is 5.78 Å². The fourth-order valence-corrected chi connectivity index (χ4v) is 5.16. The van der Waals surface area contributed by atoms with Crippen LogP contribution in [0.3, 0.4) is 0 Å². The van der Waals surface area contributed by atoms with Crippen LogP contribution in [0.5, 0.6) is 0 Å². The monoisotopic (exact) mass is 270 g/mol. The Morgan fingerprint density at radius 1 is 1.07 bits per heavy atom. The molecular formula is C13H19BrO. The molecule has 0 radical (unpaired) electrons. The fraction of sp³-hybridized carbons (Fsp3) is 0.923.